The molecule has 1 heterocycles. The molecule has 2 rings (SSSR count). The van der Waals surface area contributed by atoms with Gasteiger partial charge in [0.25, 0.3) is 5.69 Å². The van der Waals surface area contributed by atoms with E-state index in [-0.39, 0.29) is 10.7 Å². The zero-order valence-corrected chi connectivity index (χ0v) is 9.62. The Morgan fingerprint density at radius 1 is 1.33 bits per heavy atom. The standard InChI is InChI=1S/C9H4BrClN2O2/c10-8-4-1-5-7(12-8)3-2-6(11)9(5)13(14)15/h1-4H. The Hall–Kier alpha value is -1.20. The summed E-state index contributed by atoms with van der Waals surface area (Å²) in [5.41, 5.74) is 0.439. The highest BCUT2D eigenvalue weighted by Gasteiger charge is 2.17. The van der Waals surface area contributed by atoms with Crippen LogP contribution in [0, 0.1) is 10.1 Å². The van der Waals surface area contributed by atoms with Crippen molar-refractivity contribution in [2.45, 2.75) is 0 Å². The molecule has 0 atom stereocenters. The number of fused-ring (bicyclic) bond motifs is 1. The van der Waals surface area contributed by atoms with Gasteiger partial charge in [0, 0.05) is 0 Å². The van der Waals surface area contributed by atoms with E-state index in [2.05, 4.69) is 20.9 Å². The molecule has 0 radical (unpaired) electrons. The van der Waals surface area contributed by atoms with Gasteiger partial charge >= 0.3 is 0 Å². The summed E-state index contributed by atoms with van der Waals surface area (Å²) in [6.45, 7) is 0. The van der Waals surface area contributed by atoms with Crippen molar-refractivity contribution in [2.24, 2.45) is 0 Å². The summed E-state index contributed by atoms with van der Waals surface area (Å²) in [5, 5.41) is 11.4. The monoisotopic (exact) mass is 286 g/mol. The molecule has 0 saturated heterocycles. The van der Waals surface area contributed by atoms with Crippen molar-refractivity contribution < 1.29 is 4.92 Å². The van der Waals surface area contributed by atoms with Crippen LogP contribution in [0.25, 0.3) is 10.9 Å². The van der Waals surface area contributed by atoms with Gasteiger partial charge in [0.2, 0.25) is 0 Å². The molecule has 0 bridgehead atoms. The van der Waals surface area contributed by atoms with Crippen molar-refractivity contribution in [1.82, 2.24) is 4.98 Å². The number of pyridine rings is 1. The SMILES string of the molecule is O=[N+]([O-])c1c(Cl)ccc2nc(Br)ccc12. The maximum Gasteiger partial charge on any atom is 0.297 e. The maximum atomic E-state index is 10.8. The van der Waals surface area contributed by atoms with Gasteiger partial charge in [0.15, 0.2) is 0 Å². The molecule has 6 heteroatoms. The molecule has 0 aliphatic rings. The Labute approximate surface area is 98.2 Å². The van der Waals surface area contributed by atoms with Crippen LogP contribution in [-0.4, -0.2) is 9.91 Å². The first-order chi connectivity index (χ1) is 7.09. The van der Waals surface area contributed by atoms with E-state index in [1.54, 1.807) is 18.2 Å². The Morgan fingerprint density at radius 3 is 2.73 bits per heavy atom. The van der Waals surface area contributed by atoms with Crippen molar-refractivity contribution in [1.29, 1.82) is 0 Å². The number of aromatic nitrogens is 1. The fourth-order valence-corrected chi connectivity index (χ4v) is 1.88. The van der Waals surface area contributed by atoms with E-state index in [1.807, 2.05) is 0 Å². The van der Waals surface area contributed by atoms with Gasteiger partial charge in [-0.25, -0.2) is 4.98 Å². The molecule has 0 amide bonds. The molecule has 0 N–H and O–H groups in total. The highest BCUT2D eigenvalue weighted by molar-refractivity contribution is 9.10. The molecule has 2 aromatic rings. The van der Waals surface area contributed by atoms with Crippen molar-refractivity contribution in [2.75, 3.05) is 0 Å². The summed E-state index contributed by atoms with van der Waals surface area (Å²) in [4.78, 5) is 14.4. The number of rotatable bonds is 1. The molecule has 1 aromatic carbocycles. The van der Waals surface area contributed by atoms with E-state index in [0.29, 0.717) is 15.5 Å². The van der Waals surface area contributed by atoms with Gasteiger partial charge in [-0.15, -0.1) is 0 Å². The molecule has 1 aromatic heterocycles. The predicted octanol–water partition coefficient (Wildman–Crippen LogP) is 3.56. The van der Waals surface area contributed by atoms with Gasteiger partial charge in [-0.3, -0.25) is 10.1 Å². The first-order valence-corrected chi connectivity index (χ1v) is 5.16. The zero-order valence-electron chi connectivity index (χ0n) is 7.28. The van der Waals surface area contributed by atoms with Crippen LogP contribution in [0.4, 0.5) is 5.69 Å². The topological polar surface area (TPSA) is 56.0 Å². The number of nitro groups is 1. The number of nitro benzene ring substituents is 1. The molecule has 0 aliphatic heterocycles. The highest BCUT2D eigenvalue weighted by atomic mass is 79.9. The van der Waals surface area contributed by atoms with Crippen molar-refractivity contribution >= 4 is 44.1 Å². The Kier molecular flexibility index (Phi) is 2.58. The van der Waals surface area contributed by atoms with Gasteiger partial charge < -0.3 is 0 Å². The lowest BCUT2D eigenvalue weighted by Gasteiger charge is -2.00. The van der Waals surface area contributed by atoms with Crippen LogP contribution < -0.4 is 0 Å². The molecule has 15 heavy (non-hydrogen) atoms. The van der Waals surface area contributed by atoms with Crippen molar-refractivity contribution in [3.63, 3.8) is 0 Å². The molecular weight excluding hydrogens is 283 g/mol. The van der Waals surface area contributed by atoms with Crippen LogP contribution in [0.1, 0.15) is 0 Å². The summed E-state index contributed by atoms with van der Waals surface area (Å²) in [7, 11) is 0. The number of nitrogens with zero attached hydrogens (tertiary/aromatic N) is 2. The van der Waals surface area contributed by atoms with E-state index in [0.717, 1.165) is 0 Å². The molecule has 0 aliphatic carbocycles. The van der Waals surface area contributed by atoms with Crippen LogP contribution in [0.3, 0.4) is 0 Å². The minimum absolute atomic E-state index is 0.103. The lowest BCUT2D eigenvalue weighted by atomic mass is 10.2. The molecule has 0 unspecified atom stereocenters. The summed E-state index contributed by atoms with van der Waals surface area (Å²) in [6, 6.07) is 6.39. The summed E-state index contributed by atoms with van der Waals surface area (Å²) in [6.07, 6.45) is 0. The second-order valence-electron chi connectivity index (χ2n) is 2.85. The lowest BCUT2D eigenvalue weighted by Crippen LogP contribution is -1.92. The fraction of sp³-hybridized carbons (Fsp3) is 0. The lowest BCUT2D eigenvalue weighted by molar-refractivity contribution is -0.382. The number of benzene rings is 1. The number of halogens is 2. The second kappa shape index (κ2) is 3.75. The molecule has 0 saturated carbocycles. The van der Waals surface area contributed by atoms with E-state index in [1.165, 1.54) is 6.07 Å². The molecule has 0 fully saturated rings. The second-order valence-corrected chi connectivity index (χ2v) is 4.07. The van der Waals surface area contributed by atoms with Gasteiger partial charge in [0.05, 0.1) is 15.8 Å². The predicted molar refractivity (Wildman–Crippen MR) is 61.1 cm³/mol. The van der Waals surface area contributed by atoms with Gasteiger partial charge in [0.1, 0.15) is 9.63 Å². The van der Waals surface area contributed by atoms with Crippen LogP contribution in [-0.2, 0) is 0 Å². The molecule has 4 nitrogen and oxygen atoms in total. The fourth-order valence-electron chi connectivity index (χ4n) is 1.32. The average Bonchev–Trinajstić information content (AvgIpc) is 2.17. The zero-order chi connectivity index (χ0) is 11.0. The van der Waals surface area contributed by atoms with Gasteiger partial charge in [-0.1, -0.05) is 11.6 Å². The molecule has 0 spiro atoms. The number of hydrogen-bond donors (Lipinski definition) is 0. The van der Waals surface area contributed by atoms with Gasteiger partial charge in [-0.05, 0) is 40.2 Å². The van der Waals surface area contributed by atoms with Crippen molar-refractivity contribution in [3.8, 4) is 0 Å². The Balaban J connectivity index is 2.88. The van der Waals surface area contributed by atoms with E-state index < -0.39 is 4.92 Å². The minimum atomic E-state index is -0.500. The van der Waals surface area contributed by atoms with Crippen LogP contribution >= 0.6 is 27.5 Å². The number of hydrogen-bond acceptors (Lipinski definition) is 3. The molecule has 76 valence electrons. The highest BCUT2D eigenvalue weighted by Crippen LogP contribution is 2.32. The first-order valence-electron chi connectivity index (χ1n) is 3.99. The first kappa shape index (κ1) is 10.3. The normalized spacial score (nSPS) is 10.5. The third-order valence-corrected chi connectivity index (χ3v) is 2.69. The van der Waals surface area contributed by atoms with Crippen LogP contribution in [0.5, 0.6) is 0 Å². The average molecular weight is 288 g/mol. The summed E-state index contributed by atoms with van der Waals surface area (Å²) >= 11 is 8.96. The molecular formula is C9H4BrClN2O2. The van der Waals surface area contributed by atoms with Gasteiger partial charge in [-0.2, -0.15) is 0 Å². The Morgan fingerprint density at radius 2 is 2.07 bits per heavy atom. The quantitative estimate of drug-likeness (QED) is 0.458. The third kappa shape index (κ3) is 1.80. The van der Waals surface area contributed by atoms with E-state index in [4.69, 9.17) is 11.6 Å². The van der Waals surface area contributed by atoms with Crippen LogP contribution in [0.2, 0.25) is 5.02 Å². The van der Waals surface area contributed by atoms with E-state index in [9.17, 15) is 10.1 Å². The minimum Gasteiger partial charge on any atom is -0.258 e. The maximum absolute atomic E-state index is 10.8. The largest absolute Gasteiger partial charge is 0.297 e. The van der Waals surface area contributed by atoms with Crippen molar-refractivity contribution in [3.05, 3.63) is 44.0 Å². The van der Waals surface area contributed by atoms with E-state index >= 15 is 0 Å². The smallest absolute Gasteiger partial charge is 0.258 e. The Bertz CT molecular complexity index is 559. The van der Waals surface area contributed by atoms with Crippen LogP contribution in [0.15, 0.2) is 28.9 Å². The third-order valence-electron chi connectivity index (χ3n) is 1.94. The summed E-state index contributed by atoms with van der Waals surface area (Å²) < 4.78 is 0.631. The summed E-state index contributed by atoms with van der Waals surface area (Å²) in [5.74, 6) is 0.